The molecule has 2 aliphatic rings. The molecule has 0 N–H and O–H groups in total. The van der Waals surface area contributed by atoms with E-state index in [-0.39, 0.29) is 0 Å². The lowest BCUT2D eigenvalue weighted by Crippen LogP contribution is -1.99. The molecule has 4 nitrogen and oxygen atoms in total. The van der Waals surface area contributed by atoms with Gasteiger partial charge in [-0.05, 0) is 34.9 Å². The number of pyridine rings is 2. The lowest BCUT2D eigenvalue weighted by molar-refractivity contribution is 1.02. The first-order chi connectivity index (χ1) is 12.9. The van der Waals surface area contributed by atoms with Gasteiger partial charge in [0.1, 0.15) is 0 Å². The minimum atomic E-state index is 0.678. The molecule has 1 aromatic carbocycles. The molecule has 0 atom stereocenters. The van der Waals surface area contributed by atoms with Crippen molar-refractivity contribution >= 4 is 23.2 Å². The second-order valence-electron chi connectivity index (χ2n) is 6.39. The van der Waals surface area contributed by atoms with Crippen molar-refractivity contribution in [2.24, 2.45) is 9.98 Å². The summed E-state index contributed by atoms with van der Waals surface area (Å²) in [6.45, 7) is 0.678. The highest BCUT2D eigenvalue weighted by molar-refractivity contribution is 6.16. The fourth-order valence-electron chi connectivity index (χ4n) is 3.43. The van der Waals surface area contributed by atoms with Crippen LogP contribution in [0.15, 0.2) is 77.1 Å². The first-order valence-electron chi connectivity index (χ1n) is 8.64. The molecule has 5 rings (SSSR count). The summed E-state index contributed by atoms with van der Waals surface area (Å²) in [5.41, 5.74) is 8.79. The minimum Gasteiger partial charge on any atom is -0.286 e. The maximum atomic E-state index is 4.99. The Balaban J connectivity index is 1.63. The average Bonchev–Trinajstić information content (AvgIpc) is 3.36. The Hall–Kier alpha value is -3.40. The monoisotopic (exact) mass is 336 g/mol. The molecule has 0 radical (unpaired) electrons. The smallest absolute Gasteiger partial charge is 0.0818 e. The normalized spacial score (nSPS) is 15.3. The summed E-state index contributed by atoms with van der Waals surface area (Å²) in [4.78, 5) is 18.1. The summed E-state index contributed by atoms with van der Waals surface area (Å²) < 4.78 is 0. The van der Waals surface area contributed by atoms with Crippen LogP contribution < -0.4 is 0 Å². The summed E-state index contributed by atoms with van der Waals surface area (Å²) in [6, 6.07) is 16.5. The highest BCUT2D eigenvalue weighted by Gasteiger charge is 2.23. The van der Waals surface area contributed by atoms with Crippen LogP contribution >= 0.6 is 0 Å². The number of aromatic nitrogens is 2. The lowest BCUT2D eigenvalue weighted by atomic mass is 9.96. The van der Waals surface area contributed by atoms with E-state index in [0.717, 1.165) is 45.8 Å². The van der Waals surface area contributed by atoms with Gasteiger partial charge in [0.15, 0.2) is 0 Å². The van der Waals surface area contributed by atoms with Gasteiger partial charge in [0, 0.05) is 42.4 Å². The minimum absolute atomic E-state index is 0.678. The van der Waals surface area contributed by atoms with Crippen molar-refractivity contribution in [1.82, 2.24) is 9.97 Å². The summed E-state index contributed by atoms with van der Waals surface area (Å²) in [7, 11) is 0. The second kappa shape index (κ2) is 6.15. The van der Waals surface area contributed by atoms with Crippen LogP contribution in [0.1, 0.15) is 34.4 Å². The van der Waals surface area contributed by atoms with E-state index in [1.807, 2.05) is 43.0 Å². The standard InChI is InChI=1S/C22H16N4/c1-2-4-15(5-3-1)20-11-19(22(26-20)16-6-8-23-9-7-16)17-10-18-12-24-14-21(18)25-13-17/h1-10,12-13H,11,14H2. The molecule has 0 aliphatic carbocycles. The number of allylic oxidation sites excluding steroid dienone is 1. The molecule has 0 saturated heterocycles. The van der Waals surface area contributed by atoms with Crippen molar-refractivity contribution in [2.75, 3.05) is 0 Å². The van der Waals surface area contributed by atoms with Crippen LogP contribution in [0.4, 0.5) is 0 Å². The first kappa shape index (κ1) is 14.9. The number of nitrogens with zero attached hydrogens (tertiary/aromatic N) is 4. The molecule has 0 saturated carbocycles. The highest BCUT2D eigenvalue weighted by Crippen LogP contribution is 2.37. The molecular formula is C22H16N4. The topological polar surface area (TPSA) is 50.5 Å². The van der Waals surface area contributed by atoms with E-state index < -0.39 is 0 Å². The SMILES string of the molecule is C1=NCc2ncc(C3=C(c4ccncc4)N=C(c4ccccc4)C3)cc21. The van der Waals surface area contributed by atoms with Gasteiger partial charge < -0.3 is 0 Å². The predicted octanol–water partition coefficient (Wildman–Crippen LogP) is 4.17. The van der Waals surface area contributed by atoms with E-state index in [4.69, 9.17) is 4.99 Å². The maximum Gasteiger partial charge on any atom is 0.0818 e. The summed E-state index contributed by atoms with van der Waals surface area (Å²) in [6.07, 6.45) is 8.27. The summed E-state index contributed by atoms with van der Waals surface area (Å²) >= 11 is 0. The van der Waals surface area contributed by atoms with Gasteiger partial charge in [0.25, 0.3) is 0 Å². The zero-order valence-corrected chi connectivity index (χ0v) is 14.1. The van der Waals surface area contributed by atoms with Gasteiger partial charge in [0.2, 0.25) is 0 Å². The van der Waals surface area contributed by atoms with Crippen LogP contribution in [-0.2, 0) is 6.54 Å². The third kappa shape index (κ3) is 2.56. The molecular weight excluding hydrogens is 320 g/mol. The molecule has 3 aromatic rings. The molecule has 0 unspecified atom stereocenters. The van der Waals surface area contributed by atoms with Gasteiger partial charge in [-0.1, -0.05) is 30.3 Å². The second-order valence-corrected chi connectivity index (χ2v) is 6.39. The summed E-state index contributed by atoms with van der Waals surface area (Å²) in [5.74, 6) is 0. The van der Waals surface area contributed by atoms with Gasteiger partial charge in [-0.2, -0.15) is 0 Å². The lowest BCUT2D eigenvalue weighted by Gasteiger charge is -2.08. The van der Waals surface area contributed by atoms with E-state index >= 15 is 0 Å². The zero-order valence-electron chi connectivity index (χ0n) is 14.1. The largest absolute Gasteiger partial charge is 0.286 e. The van der Waals surface area contributed by atoms with Crippen LogP contribution in [0.2, 0.25) is 0 Å². The average molecular weight is 336 g/mol. The molecule has 0 spiro atoms. The highest BCUT2D eigenvalue weighted by atomic mass is 14.8. The molecule has 2 aliphatic heterocycles. The molecule has 2 aromatic heterocycles. The Morgan fingerprint density at radius 3 is 2.54 bits per heavy atom. The predicted molar refractivity (Wildman–Crippen MR) is 104 cm³/mol. The van der Waals surface area contributed by atoms with Crippen molar-refractivity contribution in [2.45, 2.75) is 13.0 Å². The van der Waals surface area contributed by atoms with Crippen LogP contribution in [0.5, 0.6) is 0 Å². The molecule has 4 heterocycles. The van der Waals surface area contributed by atoms with Gasteiger partial charge in [-0.25, -0.2) is 0 Å². The van der Waals surface area contributed by atoms with Crippen molar-refractivity contribution in [1.29, 1.82) is 0 Å². The van der Waals surface area contributed by atoms with Gasteiger partial charge in [0.05, 0.1) is 23.6 Å². The Bertz CT molecular complexity index is 1060. The van der Waals surface area contributed by atoms with Crippen LogP contribution in [0.25, 0.3) is 11.3 Å². The van der Waals surface area contributed by atoms with Gasteiger partial charge in [-0.15, -0.1) is 0 Å². The number of hydrogen-bond acceptors (Lipinski definition) is 4. The number of aliphatic imine (C=N–C) groups is 2. The molecule has 0 bridgehead atoms. The Morgan fingerprint density at radius 2 is 1.69 bits per heavy atom. The van der Waals surface area contributed by atoms with E-state index in [2.05, 4.69) is 45.3 Å². The summed E-state index contributed by atoms with van der Waals surface area (Å²) in [5, 5.41) is 0. The van der Waals surface area contributed by atoms with Crippen LogP contribution in [0.3, 0.4) is 0 Å². The van der Waals surface area contributed by atoms with Crippen LogP contribution in [-0.4, -0.2) is 21.9 Å². The zero-order chi connectivity index (χ0) is 17.3. The Kier molecular flexibility index (Phi) is 3.53. The fraction of sp³-hybridized carbons (Fsp3) is 0.0909. The van der Waals surface area contributed by atoms with E-state index in [1.165, 1.54) is 5.57 Å². The maximum absolute atomic E-state index is 4.99. The molecule has 124 valence electrons. The van der Waals surface area contributed by atoms with Gasteiger partial charge in [-0.3, -0.25) is 20.0 Å². The quantitative estimate of drug-likeness (QED) is 0.721. The fourth-order valence-corrected chi connectivity index (χ4v) is 3.43. The Morgan fingerprint density at radius 1 is 0.846 bits per heavy atom. The first-order valence-corrected chi connectivity index (χ1v) is 8.64. The number of benzene rings is 1. The van der Waals surface area contributed by atoms with Crippen molar-refractivity contribution in [3.63, 3.8) is 0 Å². The van der Waals surface area contributed by atoms with Crippen molar-refractivity contribution in [3.05, 3.63) is 95.1 Å². The molecule has 0 amide bonds. The molecule has 0 fully saturated rings. The van der Waals surface area contributed by atoms with Gasteiger partial charge >= 0.3 is 0 Å². The van der Waals surface area contributed by atoms with Crippen molar-refractivity contribution in [3.8, 4) is 0 Å². The van der Waals surface area contributed by atoms with Crippen molar-refractivity contribution < 1.29 is 0 Å². The number of rotatable bonds is 3. The van der Waals surface area contributed by atoms with E-state index in [0.29, 0.717) is 6.54 Å². The van der Waals surface area contributed by atoms with E-state index in [1.54, 1.807) is 0 Å². The number of hydrogen-bond donors (Lipinski definition) is 0. The third-order valence-corrected chi connectivity index (χ3v) is 4.76. The van der Waals surface area contributed by atoms with Crippen LogP contribution in [0, 0.1) is 0 Å². The number of fused-ring (bicyclic) bond motifs is 1. The van der Waals surface area contributed by atoms with E-state index in [9.17, 15) is 0 Å². The molecule has 26 heavy (non-hydrogen) atoms. The molecule has 4 heteroatoms. The third-order valence-electron chi connectivity index (χ3n) is 4.76. The Labute approximate surface area is 151 Å².